The van der Waals surface area contributed by atoms with Crippen LogP contribution in [0.2, 0.25) is 0 Å². The van der Waals surface area contributed by atoms with Crippen molar-refractivity contribution in [1.29, 1.82) is 0 Å². The van der Waals surface area contributed by atoms with Crippen LogP contribution in [0.15, 0.2) is 29.4 Å². The lowest BCUT2D eigenvalue weighted by Crippen LogP contribution is -2.38. The van der Waals surface area contributed by atoms with Crippen LogP contribution in [0.1, 0.15) is 28.4 Å². The number of anilines is 1. The topological polar surface area (TPSA) is 84.3 Å². The second-order valence-electron chi connectivity index (χ2n) is 6.55. The minimum absolute atomic E-state index is 0.0780. The first-order valence-corrected chi connectivity index (χ1v) is 11.5. The maximum absolute atomic E-state index is 13.1. The van der Waals surface area contributed by atoms with Gasteiger partial charge in [0.2, 0.25) is 5.03 Å². The lowest BCUT2D eigenvalue weighted by Gasteiger charge is -2.24. The van der Waals surface area contributed by atoms with Crippen molar-refractivity contribution in [1.82, 2.24) is 14.1 Å². The van der Waals surface area contributed by atoms with Crippen LogP contribution in [0.5, 0.6) is 0 Å². The summed E-state index contributed by atoms with van der Waals surface area (Å²) in [4.78, 5) is 12.9. The summed E-state index contributed by atoms with van der Waals surface area (Å²) in [5, 5.41) is 6.84. The molecule has 2 aromatic rings. The average Bonchev–Trinajstić information content (AvgIpc) is 3.07. The van der Waals surface area contributed by atoms with Crippen molar-refractivity contribution in [2.75, 3.05) is 29.9 Å². The third kappa shape index (κ3) is 4.36. The molecule has 0 bridgehead atoms. The molecule has 0 atom stereocenters. The first-order valence-electron chi connectivity index (χ1n) is 8.86. The number of benzene rings is 1. The van der Waals surface area contributed by atoms with Crippen molar-refractivity contribution in [3.8, 4) is 0 Å². The lowest BCUT2D eigenvalue weighted by molar-refractivity contribution is 0.102. The minimum Gasteiger partial charge on any atom is -0.322 e. The minimum atomic E-state index is -3.81. The Hall–Kier alpha value is -1.84. The Balaban J connectivity index is 1.95. The molecule has 1 saturated heterocycles. The fourth-order valence-corrected chi connectivity index (χ4v) is 5.74. The van der Waals surface area contributed by atoms with E-state index in [0.717, 1.165) is 22.6 Å². The number of nitrogens with zero attached hydrogens (tertiary/aromatic N) is 3. The van der Waals surface area contributed by atoms with E-state index in [9.17, 15) is 13.2 Å². The van der Waals surface area contributed by atoms with Crippen molar-refractivity contribution >= 4 is 33.4 Å². The van der Waals surface area contributed by atoms with Gasteiger partial charge in [0, 0.05) is 43.0 Å². The molecule has 0 spiro atoms. The zero-order valence-corrected chi connectivity index (χ0v) is 17.4. The molecule has 1 amide bonds. The number of carbonyl (C=O) groups is 1. The summed E-state index contributed by atoms with van der Waals surface area (Å²) in [6.45, 7) is 7.10. The van der Waals surface area contributed by atoms with E-state index in [2.05, 4.69) is 10.4 Å². The number of sulfonamides is 1. The largest absolute Gasteiger partial charge is 0.322 e. The van der Waals surface area contributed by atoms with Gasteiger partial charge in [-0.25, -0.2) is 8.42 Å². The van der Waals surface area contributed by atoms with E-state index < -0.39 is 15.9 Å². The maximum atomic E-state index is 13.1. The second-order valence-corrected chi connectivity index (χ2v) is 9.63. The lowest BCUT2D eigenvalue weighted by atomic mass is 10.1. The quantitative estimate of drug-likeness (QED) is 0.822. The Labute approximate surface area is 164 Å². The monoisotopic (exact) mass is 408 g/mol. The summed E-state index contributed by atoms with van der Waals surface area (Å²) in [5.74, 6) is 1.03. The number of hydrogen-bond acceptors (Lipinski definition) is 5. The maximum Gasteiger partial charge on any atom is 0.263 e. The van der Waals surface area contributed by atoms with Crippen molar-refractivity contribution in [3.63, 3.8) is 0 Å². The van der Waals surface area contributed by atoms with Crippen LogP contribution in [-0.4, -0.2) is 53.0 Å². The van der Waals surface area contributed by atoms with Crippen LogP contribution >= 0.6 is 11.8 Å². The summed E-state index contributed by atoms with van der Waals surface area (Å²) < 4.78 is 29.0. The SMILES string of the molecule is CCn1cc(C(=O)Nc2cc(C)cc(C)c2)c(S(=O)(=O)N2CCSCC2)n1. The van der Waals surface area contributed by atoms with Gasteiger partial charge in [0.15, 0.2) is 0 Å². The summed E-state index contributed by atoms with van der Waals surface area (Å²) in [6.07, 6.45) is 1.50. The Bertz CT molecular complexity index is 927. The smallest absolute Gasteiger partial charge is 0.263 e. The van der Waals surface area contributed by atoms with Crippen molar-refractivity contribution in [3.05, 3.63) is 41.1 Å². The van der Waals surface area contributed by atoms with Crippen LogP contribution in [0.3, 0.4) is 0 Å². The van der Waals surface area contributed by atoms with Crippen molar-refractivity contribution < 1.29 is 13.2 Å². The molecule has 9 heteroatoms. The normalized spacial score (nSPS) is 15.7. The fourth-order valence-electron chi connectivity index (χ4n) is 3.07. The first kappa shape index (κ1) is 19.9. The number of aromatic nitrogens is 2. The van der Waals surface area contributed by atoms with Gasteiger partial charge in [-0.1, -0.05) is 6.07 Å². The van der Waals surface area contributed by atoms with E-state index in [0.29, 0.717) is 25.3 Å². The average molecular weight is 409 g/mol. The van der Waals surface area contributed by atoms with Crippen LogP contribution in [0.25, 0.3) is 0 Å². The number of rotatable bonds is 5. The van der Waals surface area contributed by atoms with E-state index in [1.165, 1.54) is 15.2 Å². The molecule has 0 aliphatic carbocycles. The van der Waals surface area contributed by atoms with Crippen molar-refractivity contribution in [2.24, 2.45) is 0 Å². The van der Waals surface area contributed by atoms with Gasteiger partial charge < -0.3 is 5.32 Å². The molecule has 7 nitrogen and oxygen atoms in total. The molecule has 146 valence electrons. The Kier molecular flexibility index (Phi) is 5.92. The highest BCUT2D eigenvalue weighted by Gasteiger charge is 2.33. The highest BCUT2D eigenvalue weighted by atomic mass is 32.2. The van der Waals surface area contributed by atoms with Crippen molar-refractivity contribution in [2.45, 2.75) is 32.3 Å². The molecule has 2 heterocycles. The van der Waals surface area contributed by atoms with Gasteiger partial charge >= 0.3 is 0 Å². The summed E-state index contributed by atoms with van der Waals surface area (Å²) in [5.41, 5.74) is 2.76. The molecule has 0 saturated carbocycles. The molecule has 3 rings (SSSR count). The molecule has 1 aliphatic heterocycles. The Morgan fingerprint density at radius 3 is 2.41 bits per heavy atom. The van der Waals surface area contributed by atoms with Gasteiger partial charge in [-0.05, 0) is 44.0 Å². The zero-order chi connectivity index (χ0) is 19.6. The molecule has 0 unspecified atom stereocenters. The number of aryl methyl sites for hydroxylation is 3. The van der Waals surface area contributed by atoms with Gasteiger partial charge in [-0.2, -0.15) is 21.2 Å². The van der Waals surface area contributed by atoms with E-state index in [1.54, 1.807) is 11.8 Å². The second kappa shape index (κ2) is 8.04. The first-order chi connectivity index (χ1) is 12.8. The third-order valence-electron chi connectivity index (χ3n) is 4.33. The van der Waals surface area contributed by atoms with E-state index in [4.69, 9.17) is 0 Å². The van der Waals surface area contributed by atoms with Gasteiger partial charge in [-0.3, -0.25) is 9.48 Å². The number of hydrogen-bond donors (Lipinski definition) is 1. The van der Waals surface area contributed by atoms with Gasteiger partial charge in [0.1, 0.15) is 0 Å². The predicted molar refractivity (Wildman–Crippen MR) is 108 cm³/mol. The van der Waals surface area contributed by atoms with E-state index in [1.807, 2.05) is 39.0 Å². The van der Waals surface area contributed by atoms with E-state index in [-0.39, 0.29) is 10.6 Å². The molecule has 0 radical (unpaired) electrons. The predicted octanol–water partition coefficient (Wildman–Crippen LogP) is 2.51. The van der Waals surface area contributed by atoms with Crippen LogP contribution in [0.4, 0.5) is 5.69 Å². The number of nitrogens with one attached hydrogen (secondary N) is 1. The Morgan fingerprint density at radius 2 is 1.81 bits per heavy atom. The van der Waals surface area contributed by atoms with Gasteiger partial charge in [0.05, 0.1) is 5.56 Å². The standard InChI is InChI=1S/C18H24N4O3S2/c1-4-21-12-16(17(23)19-15-10-13(2)9-14(3)11-15)18(20-21)27(24,25)22-5-7-26-8-6-22/h9-12H,4-8H2,1-3H3,(H,19,23). The molecule has 1 aromatic heterocycles. The van der Waals surface area contributed by atoms with Crippen LogP contribution in [-0.2, 0) is 16.6 Å². The summed E-state index contributed by atoms with van der Waals surface area (Å²) in [7, 11) is -3.81. The molecule has 1 N–H and O–H groups in total. The molecule has 1 aromatic carbocycles. The number of thioether (sulfide) groups is 1. The van der Waals surface area contributed by atoms with Crippen LogP contribution in [0, 0.1) is 13.8 Å². The highest BCUT2D eigenvalue weighted by Crippen LogP contribution is 2.23. The molecular weight excluding hydrogens is 384 g/mol. The molecular formula is C18H24N4O3S2. The number of amides is 1. The number of carbonyl (C=O) groups excluding carboxylic acids is 1. The zero-order valence-electron chi connectivity index (χ0n) is 15.7. The van der Waals surface area contributed by atoms with Gasteiger partial charge in [0.25, 0.3) is 15.9 Å². The molecule has 27 heavy (non-hydrogen) atoms. The fraction of sp³-hybridized carbons (Fsp3) is 0.444. The summed E-state index contributed by atoms with van der Waals surface area (Å²) in [6, 6.07) is 5.71. The van der Waals surface area contributed by atoms with E-state index >= 15 is 0 Å². The highest BCUT2D eigenvalue weighted by molar-refractivity contribution is 7.99. The Morgan fingerprint density at radius 1 is 1.19 bits per heavy atom. The van der Waals surface area contributed by atoms with Crippen LogP contribution < -0.4 is 5.32 Å². The van der Waals surface area contributed by atoms with Gasteiger partial charge in [-0.15, -0.1) is 0 Å². The molecule has 1 aliphatic rings. The third-order valence-corrected chi connectivity index (χ3v) is 7.11. The summed E-state index contributed by atoms with van der Waals surface area (Å²) >= 11 is 1.72. The molecule has 1 fully saturated rings.